The molecule has 1 amide bonds. The Morgan fingerprint density at radius 2 is 1.89 bits per heavy atom. The zero-order chi connectivity index (χ0) is 19.7. The summed E-state index contributed by atoms with van der Waals surface area (Å²) in [6, 6.07) is 8.89. The van der Waals surface area contributed by atoms with Crippen LogP contribution in [0.1, 0.15) is 15.9 Å². The lowest BCUT2D eigenvalue weighted by atomic mass is 10.2. The summed E-state index contributed by atoms with van der Waals surface area (Å²) in [5.41, 5.74) is 0.984. The first-order valence-electron chi connectivity index (χ1n) is 7.54. The zero-order valence-electron chi connectivity index (χ0n) is 13.8. The first kappa shape index (κ1) is 19.3. The van der Waals surface area contributed by atoms with E-state index in [-0.39, 0.29) is 22.2 Å². The van der Waals surface area contributed by atoms with Gasteiger partial charge in [0.15, 0.2) is 5.17 Å². The van der Waals surface area contributed by atoms with Crippen molar-refractivity contribution in [3.63, 3.8) is 0 Å². The third-order valence-corrected chi connectivity index (χ3v) is 5.25. The molecule has 0 spiro atoms. The Labute approximate surface area is 168 Å². The molecule has 1 heterocycles. The van der Waals surface area contributed by atoms with Crippen molar-refractivity contribution in [2.45, 2.75) is 0 Å². The third kappa shape index (κ3) is 4.10. The van der Waals surface area contributed by atoms with Gasteiger partial charge in [0.1, 0.15) is 5.75 Å². The number of benzene rings is 2. The smallest absolute Gasteiger partial charge is 0.335 e. The molecule has 3 rings (SSSR count). The third-order valence-electron chi connectivity index (χ3n) is 3.69. The molecule has 27 heavy (non-hydrogen) atoms. The number of carbonyl (C=O) groups excluding carboxylic acids is 1. The molecule has 0 saturated carbocycles. The minimum absolute atomic E-state index is 0.0885. The van der Waals surface area contributed by atoms with E-state index in [0.717, 1.165) is 11.8 Å². The maximum Gasteiger partial charge on any atom is 0.335 e. The molecule has 138 valence electrons. The lowest BCUT2D eigenvalue weighted by Gasteiger charge is -2.07. The van der Waals surface area contributed by atoms with Crippen LogP contribution in [-0.2, 0) is 4.79 Å². The number of hydrogen-bond donors (Lipinski definition) is 2. The van der Waals surface area contributed by atoms with Crippen LogP contribution in [0.5, 0.6) is 5.75 Å². The molecule has 0 aliphatic carbocycles. The maximum absolute atomic E-state index is 12.5. The van der Waals surface area contributed by atoms with Crippen molar-refractivity contribution in [2.75, 3.05) is 7.05 Å². The molecule has 1 fully saturated rings. The van der Waals surface area contributed by atoms with Gasteiger partial charge in [-0.15, -0.1) is 0 Å². The number of thioether (sulfide) groups is 1. The van der Waals surface area contributed by atoms with Crippen LogP contribution in [-0.4, -0.2) is 39.2 Å². The van der Waals surface area contributed by atoms with Crippen molar-refractivity contribution >= 4 is 63.8 Å². The molecule has 6 nitrogen and oxygen atoms in total. The summed E-state index contributed by atoms with van der Waals surface area (Å²) in [7, 11) is 1.57. The Morgan fingerprint density at radius 1 is 1.22 bits per heavy atom. The number of phenols is 1. The number of nitrogens with zero attached hydrogens (tertiary/aromatic N) is 2. The highest BCUT2D eigenvalue weighted by molar-refractivity contribution is 8.18. The number of phenolic OH excluding ortho intramolecular Hbond substituents is 1. The number of aromatic carboxylic acids is 1. The van der Waals surface area contributed by atoms with Crippen molar-refractivity contribution < 1.29 is 19.8 Å². The van der Waals surface area contributed by atoms with Crippen molar-refractivity contribution in [1.82, 2.24) is 4.90 Å². The van der Waals surface area contributed by atoms with Crippen LogP contribution in [0.15, 0.2) is 46.3 Å². The Morgan fingerprint density at radius 3 is 2.52 bits per heavy atom. The summed E-state index contributed by atoms with van der Waals surface area (Å²) in [5, 5.41) is 19.8. The summed E-state index contributed by atoms with van der Waals surface area (Å²) in [4.78, 5) is 29.5. The van der Waals surface area contributed by atoms with E-state index in [2.05, 4.69) is 4.99 Å². The normalized spacial score (nSPS) is 17.1. The van der Waals surface area contributed by atoms with Gasteiger partial charge in [0, 0.05) is 17.6 Å². The van der Waals surface area contributed by atoms with E-state index in [1.54, 1.807) is 19.2 Å². The molecule has 2 aromatic carbocycles. The maximum atomic E-state index is 12.5. The number of aromatic hydroxyl groups is 1. The van der Waals surface area contributed by atoms with Crippen LogP contribution in [0, 0.1) is 0 Å². The highest BCUT2D eigenvalue weighted by Crippen LogP contribution is 2.37. The van der Waals surface area contributed by atoms with Gasteiger partial charge in [-0.1, -0.05) is 23.2 Å². The van der Waals surface area contributed by atoms with Gasteiger partial charge < -0.3 is 10.2 Å². The average Bonchev–Trinajstić information content (AvgIpc) is 2.87. The highest BCUT2D eigenvalue weighted by atomic mass is 35.5. The molecule has 1 saturated heterocycles. The van der Waals surface area contributed by atoms with Gasteiger partial charge in [-0.3, -0.25) is 9.69 Å². The van der Waals surface area contributed by atoms with Crippen molar-refractivity contribution in [3.8, 4) is 5.75 Å². The van der Waals surface area contributed by atoms with E-state index in [9.17, 15) is 14.7 Å². The van der Waals surface area contributed by atoms with Crippen LogP contribution in [0.25, 0.3) is 6.08 Å². The summed E-state index contributed by atoms with van der Waals surface area (Å²) in [6.07, 6.45) is 1.49. The fourth-order valence-electron chi connectivity index (χ4n) is 2.28. The molecular weight excluding hydrogens is 411 g/mol. The Hall–Kier alpha value is -2.48. The second-order valence-electron chi connectivity index (χ2n) is 5.55. The SMILES string of the molecule is CN1C(=O)C(=Cc2cc(Cl)cc(Cl)c2O)SC1=Nc1ccc(C(=O)O)cc1. The molecule has 1 aliphatic rings. The molecule has 1 aliphatic heterocycles. The fraction of sp³-hybridized carbons (Fsp3) is 0.0556. The van der Waals surface area contributed by atoms with Crippen LogP contribution < -0.4 is 0 Å². The summed E-state index contributed by atoms with van der Waals surface area (Å²) < 4.78 is 0. The fourth-order valence-corrected chi connectivity index (χ4v) is 3.76. The predicted octanol–water partition coefficient (Wildman–Crippen LogP) is 4.63. The van der Waals surface area contributed by atoms with Crippen LogP contribution in [0.2, 0.25) is 10.0 Å². The number of carboxylic acid groups (broad SMARTS) is 1. The monoisotopic (exact) mass is 422 g/mol. The largest absolute Gasteiger partial charge is 0.506 e. The molecule has 0 atom stereocenters. The Kier molecular flexibility index (Phi) is 5.46. The van der Waals surface area contributed by atoms with E-state index in [0.29, 0.717) is 26.3 Å². The number of aliphatic imine (C=N–C) groups is 1. The van der Waals surface area contributed by atoms with Crippen molar-refractivity contribution in [2.24, 2.45) is 4.99 Å². The van der Waals surface area contributed by atoms with E-state index in [1.807, 2.05) is 0 Å². The summed E-state index contributed by atoms with van der Waals surface area (Å²) in [5.74, 6) is -1.49. The number of halogens is 2. The van der Waals surface area contributed by atoms with E-state index in [1.165, 1.54) is 35.2 Å². The van der Waals surface area contributed by atoms with E-state index < -0.39 is 5.97 Å². The number of hydrogen-bond acceptors (Lipinski definition) is 5. The Balaban J connectivity index is 1.92. The number of carbonyl (C=O) groups is 2. The van der Waals surface area contributed by atoms with Gasteiger partial charge in [0.25, 0.3) is 5.91 Å². The van der Waals surface area contributed by atoms with E-state index in [4.69, 9.17) is 28.3 Å². The average molecular weight is 423 g/mol. The van der Waals surface area contributed by atoms with Crippen molar-refractivity contribution in [1.29, 1.82) is 0 Å². The molecule has 9 heteroatoms. The molecule has 2 aromatic rings. The Bertz CT molecular complexity index is 1000. The molecule has 0 unspecified atom stereocenters. The first-order valence-corrected chi connectivity index (χ1v) is 9.11. The number of rotatable bonds is 3. The molecule has 0 aromatic heterocycles. The quantitative estimate of drug-likeness (QED) is 0.703. The molecule has 0 bridgehead atoms. The topological polar surface area (TPSA) is 90.2 Å². The number of carboxylic acids is 1. The lowest BCUT2D eigenvalue weighted by Crippen LogP contribution is -2.23. The molecule has 2 N–H and O–H groups in total. The van der Waals surface area contributed by atoms with Crippen LogP contribution in [0.3, 0.4) is 0 Å². The minimum Gasteiger partial charge on any atom is -0.506 e. The number of likely N-dealkylation sites (N-methyl/N-ethyl adjacent to an activating group) is 1. The standard InChI is InChI=1S/C18H12Cl2N2O4S/c1-22-16(24)14(7-10-6-11(19)8-13(20)15(10)23)27-18(22)21-12-4-2-9(3-5-12)17(25)26/h2-8,23H,1H3,(H,25,26). The van der Waals surface area contributed by atoms with Crippen LogP contribution >= 0.6 is 35.0 Å². The van der Waals surface area contributed by atoms with Gasteiger partial charge >= 0.3 is 5.97 Å². The number of amidine groups is 1. The van der Waals surface area contributed by atoms with Gasteiger partial charge in [-0.25, -0.2) is 9.79 Å². The van der Waals surface area contributed by atoms with Gasteiger partial charge in [-0.05, 0) is 54.2 Å². The highest BCUT2D eigenvalue weighted by Gasteiger charge is 2.30. The molecule has 0 radical (unpaired) electrons. The predicted molar refractivity (Wildman–Crippen MR) is 107 cm³/mol. The summed E-state index contributed by atoms with van der Waals surface area (Å²) in [6.45, 7) is 0. The minimum atomic E-state index is -1.03. The van der Waals surface area contributed by atoms with Crippen molar-refractivity contribution in [3.05, 3.63) is 62.5 Å². The lowest BCUT2D eigenvalue weighted by molar-refractivity contribution is -0.121. The molecular formula is C18H12Cl2N2O4S. The second kappa shape index (κ2) is 7.64. The van der Waals surface area contributed by atoms with Gasteiger partial charge in [0.2, 0.25) is 0 Å². The number of amides is 1. The van der Waals surface area contributed by atoms with Gasteiger partial charge in [0.05, 0.1) is 21.2 Å². The summed E-state index contributed by atoms with van der Waals surface area (Å²) >= 11 is 13.0. The van der Waals surface area contributed by atoms with Gasteiger partial charge in [-0.2, -0.15) is 0 Å². The zero-order valence-corrected chi connectivity index (χ0v) is 16.1. The van der Waals surface area contributed by atoms with Crippen LogP contribution in [0.4, 0.5) is 5.69 Å². The van der Waals surface area contributed by atoms with E-state index >= 15 is 0 Å². The second-order valence-corrected chi connectivity index (χ2v) is 7.40. The first-order chi connectivity index (χ1) is 12.8.